The lowest BCUT2D eigenvalue weighted by atomic mass is 10.3. The molecule has 2 aromatic rings. The lowest BCUT2D eigenvalue weighted by Gasteiger charge is -2.13. The number of methoxy groups -OCH3 is 1. The van der Waals surface area contributed by atoms with Crippen molar-refractivity contribution in [2.45, 2.75) is 17.9 Å². The van der Waals surface area contributed by atoms with Gasteiger partial charge in [0.1, 0.15) is 11.5 Å². The van der Waals surface area contributed by atoms with Crippen molar-refractivity contribution in [1.29, 1.82) is 0 Å². The van der Waals surface area contributed by atoms with Gasteiger partial charge in [0.05, 0.1) is 30.1 Å². The lowest BCUT2D eigenvalue weighted by Crippen LogP contribution is -2.22. The van der Waals surface area contributed by atoms with Gasteiger partial charge in [-0.2, -0.15) is 0 Å². The van der Waals surface area contributed by atoms with Crippen molar-refractivity contribution >= 4 is 23.4 Å². The molecule has 0 bridgehead atoms. The van der Waals surface area contributed by atoms with Crippen LogP contribution in [-0.2, 0) is 10.5 Å². The predicted octanol–water partition coefficient (Wildman–Crippen LogP) is 3.55. The third kappa shape index (κ3) is 3.81. The van der Waals surface area contributed by atoms with Crippen LogP contribution in [0.15, 0.2) is 47.1 Å². The molecule has 2 rings (SSSR count). The number of carbonyl (C=O) groups excluding carboxylic acids is 1. The third-order valence-electron chi connectivity index (χ3n) is 2.79. The van der Waals surface area contributed by atoms with E-state index in [9.17, 15) is 4.79 Å². The Hall–Kier alpha value is -1.88. The van der Waals surface area contributed by atoms with Crippen LogP contribution in [0.3, 0.4) is 0 Å². The average Bonchev–Trinajstić information content (AvgIpc) is 2.98. The molecule has 1 aromatic heterocycles. The van der Waals surface area contributed by atoms with E-state index in [4.69, 9.17) is 9.15 Å². The van der Waals surface area contributed by atoms with Gasteiger partial charge < -0.3 is 14.5 Å². The zero-order chi connectivity index (χ0) is 14.4. The van der Waals surface area contributed by atoms with Crippen LogP contribution in [0, 0.1) is 0 Å². The lowest BCUT2D eigenvalue weighted by molar-refractivity contribution is -0.115. The number of hydrogen-bond acceptors (Lipinski definition) is 4. The zero-order valence-corrected chi connectivity index (χ0v) is 12.3. The fraction of sp³-hybridized carbons (Fsp3) is 0.267. The zero-order valence-electron chi connectivity index (χ0n) is 11.5. The summed E-state index contributed by atoms with van der Waals surface area (Å²) in [4.78, 5) is 12.1. The number of thioether (sulfide) groups is 1. The molecular weight excluding hydrogens is 274 g/mol. The summed E-state index contributed by atoms with van der Waals surface area (Å²) in [6.07, 6.45) is 1.63. The van der Waals surface area contributed by atoms with Gasteiger partial charge in [-0.1, -0.05) is 12.1 Å². The SMILES string of the molecule is COc1ccccc1NC(=O)[C@@H](C)SCc1ccco1. The number of furan rings is 1. The minimum Gasteiger partial charge on any atom is -0.495 e. The Morgan fingerprint density at radius 3 is 2.85 bits per heavy atom. The molecule has 5 heteroatoms. The minimum atomic E-state index is -0.176. The van der Waals surface area contributed by atoms with Crippen molar-refractivity contribution in [3.8, 4) is 5.75 Å². The molecule has 0 radical (unpaired) electrons. The molecule has 1 heterocycles. The van der Waals surface area contributed by atoms with Gasteiger partial charge in [-0.05, 0) is 31.2 Å². The molecule has 4 nitrogen and oxygen atoms in total. The first-order valence-electron chi connectivity index (χ1n) is 6.28. The largest absolute Gasteiger partial charge is 0.495 e. The van der Waals surface area contributed by atoms with Crippen LogP contribution in [0.5, 0.6) is 5.75 Å². The second-order valence-electron chi connectivity index (χ2n) is 4.22. The third-order valence-corrected chi connectivity index (χ3v) is 3.96. The molecule has 0 aliphatic rings. The first kappa shape index (κ1) is 14.5. The van der Waals surface area contributed by atoms with E-state index in [0.29, 0.717) is 17.2 Å². The molecule has 0 aliphatic carbocycles. The first-order chi connectivity index (χ1) is 9.70. The summed E-state index contributed by atoms with van der Waals surface area (Å²) >= 11 is 1.53. The quantitative estimate of drug-likeness (QED) is 0.884. The van der Waals surface area contributed by atoms with Crippen LogP contribution in [0.4, 0.5) is 5.69 Å². The molecule has 0 saturated heterocycles. The topological polar surface area (TPSA) is 51.5 Å². The summed E-state index contributed by atoms with van der Waals surface area (Å²) in [5.41, 5.74) is 0.686. The van der Waals surface area contributed by atoms with Crippen molar-refractivity contribution in [2.75, 3.05) is 12.4 Å². The van der Waals surface area contributed by atoms with E-state index in [1.54, 1.807) is 13.4 Å². The van der Waals surface area contributed by atoms with E-state index >= 15 is 0 Å². The van der Waals surface area contributed by atoms with Crippen LogP contribution in [0.1, 0.15) is 12.7 Å². The molecule has 1 N–H and O–H groups in total. The van der Waals surface area contributed by atoms with Crippen molar-refractivity contribution in [2.24, 2.45) is 0 Å². The Labute approximate surface area is 122 Å². The Kier molecular flexibility index (Phi) is 5.12. The molecule has 0 fully saturated rings. The molecule has 0 spiro atoms. The van der Waals surface area contributed by atoms with Crippen molar-refractivity contribution < 1.29 is 13.9 Å². The van der Waals surface area contributed by atoms with E-state index in [1.165, 1.54) is 11.8 Å². The molecule has 0 saturated carbocycles. The van der Waals surface area contributed by atoms with Gasteiger partial charge in [-0.3, -0.25) is 4.79 Å². The van der Waals surface area contributed by atoms with E-state index in [1.807, 2.05) is 43.3 Å². The fourth-order valence-electron chi connectivity index (χ4n) is 1.66. The maximum absolute atomic E-state index is 12.1. The summed E-state index contributed by atoms with van der Waals surface area (Å²) in [5.74, 6) is 2.15. The smallest absolute Gasteiger partial charge is 0.237 e. The first-order valence-corrected chi connectivity index (χ1v) is 7.33. The van der Waals surface area contributed by atoms with Crippen LogP contribution >= 0.6 is 11.8 Å². The number of carbonyl (C=O) groups is 1. The maximum Gasteiger partial charge on any atom is 0.237 e. The second kappa shape index (κ2) is 7.05. The number of rotatable bonds is 6. The van der Waals surface area contributed by atoms with Crippen molar-refractivity contribution in [3.05, 3.63) is 48.4 Å². The fourth-order valence-corrected chi connectivity index (χ4v) is 2.45. The number of hydrogen-bond donors (Lipinski definition) is 1. The number of amides is 1. The van der Waals surface area contributed by atoms with Crippen LogP contribution in [0.2, 0.25) is 0 Å². The highest BCUT2D eigenvalue weighted by atomic mass is 32.2. The molecule has 0 unspecified atom stereocenters. The van der Waals surface area contributed by atoms with Gasteiger partial charge in [0.25, 0.3) is 0 Å². The molecule has 1 atom stereocenters. The number of ether oxygens (including phenoxy) is 1. The number of para-hydroxylation sites is 2. The summed E-state index contributed by atoms with van der Waals surface area (Å²) in [6.45, 7) is 1.87. The second-order valence-corrected chi connectivity index (χ2v) is 5.55. The summed E-state index contributed by atoms with van der Waals surface area (Å²) in [5, 5.41) is 2.70. The monoisotopic (exact) mass is 291 g/mol. The highest BCUT2D eigenvalue weighted by Crippen LogP contribution is 2.25. The highest BCUT2D eigenvalue weighted by Gasteiger charge is 2.15. The van der Waals surface area contributed by atoms with E-state index in [-0.39, 0.29) is 11.2 Å². The highest BCUT2D eigenvalue weighted by molar-refractivity contribution is 7.99. The van der Waals surface area contributed by atoms with Crippen molar-refractivity contribution in [1.82, 2.24) is 0 Å². The Balaban J connectivity index is 1.90. The summed E-state index contributed by atoms with van der Waals surface area (Å²) in [7, 11) is 1.58. The van der Waals surface area contributed by atoms with Crippen LogP contribution in [0.25, 0.3) is 0 Å². The van der Waals surface area contributed by atoms with Crippen LogP contribution in [-0.4, -0.2) is 18.3 Å². The van der Waals surface area contributed by atoms with Crippen LogP contribution < -0.4 is 10.1 Å². The molecule has 0 aliphatic heterocycles. The maximum atomic E-state index is 12.1. The number of benzene rings is 1. The molecule has 20 heavy (non-hydrogen) atoms. The summed E-state index contributed by atoms with van der Waals surface area (Å²) in [6, 6.07) is 11.1. The molecule has 1 aromatic carbocycles. The predicted molar refractivity (Wildman–Crippen MR) is 81.1 cm³/mol. The Morgan fingerprint density at radius 1 is 1.35 bits per heavy atom. The minimum absolute atomic E-state index is 0.0499. The number of anilines is 1. The average molecular weight is 291 g/mol. The van der Waals surface area contributed by atoms with E-state index in [2.05, 4.69) is 5.32 Å². The van der Waals surface area contributed by atoms with Crippen molar-refractivity contribution in [3.63, 3.8) is 0 Å². The van der Waals surface area contributed by atoms with Gasteiger partial charge in [-0.25, -0.2) is 0 Å². The Morgan fingerprint density at radius 2 is 2.15 bits per heavy atom. The molecular formula is C15H17NO3S. The van der Waals surface area contributed by atoms with Gasteiger partial charge in [0, 0.05) is 0 Å². The van der Waals surface area contributed by atoms with Gasteiger partial charge >= 0.3 is 0 Å². The summed E-state index contributed by atoms with van der Waals surface area (Å²) < 4.78 is 10.5. The molecule has 1 amide bonds. The van der Waals surface area contributed by atoms with E-state index in [0.717, 1.165) is 5.76 Å². The van der Waals surface area contributed by atoms with Gasteiger partial charge in [-0.15, -0.1) is 11.8 Å². The standard InChI is InChI=1S/C15H17NO3S/c1-11(20-10-12-6-5-9-19-12)15(17)16-13-7-3-4-8-14(13)18-2/h3-9,11H,10H2,1-2H3,(H,16,17)/t11-/m1/s1. The van der Waals surface area contributed by atoms with Gasteiger partial charge in [0.2, 0.25) is 5.91 Å². The van der Waals surface area contributed by atoms with E-state index < -0.39 is 0 Å². The Bertz CT molecular complexity index is 554. The number of nitrogens with one attached hydrogen (secondary N) is 1. The molecule has 106 valence electrons. The normalized spacial score (nSPS) is 11.9. The van der Waals surface area contributed by atoms with Gasteiger partial charge in [0.15, 0.2) is 0 Å².